The minimum absolute atomic E-state index is 0.351. The molecular formula is C26H33N3O. The third-order valence-corrected chi connectivity index (χ3v) is 6.17. The maximum absolute atomic E-state index is 5.98. The van der Waals surface area contributed by atoms with E-state index in [0.717, 1.165) is 30.4 Å². The Morgan fingerprint density at radius 1 is 1.03 bits per heavy atom. The molecule has 0 aliphatic heterocycles. The molecule has 1 N–H and O–H groups in total. The van der Waals surface area contributed by atoms with Crippen LogP contribution in [0.2, 0.25) is 0 Å². The number of aromatic nitrogens is 2. The SMILES string of the molecule is CCc1nn(C)cc1CNC(CC1CCCC1)c1ccc(Oc2ccccc2)cc1. The van der Waals surface area contributed by atoms with E-state index in [-0.39, 0.29) is 0 Å². The molecule has 1 saturated carbocycles. The van der Waals surface area contributed by atoms with E-state index in [1.165, 1.54) is 48.9 Å². The molecule has 0 bridgehead atoms. The van der Waals surface area contributed by atoms with Crippen LogP contribution in [0.4, 0.5) is 0 Å². The number of nitrogens with zero attached hydrogens (tertiary/aromatic N) is 2. The summed E-state index contributed by atoms with van der Waals surface area (Å²) in [5.74, 6) is 2.57. The summed E-state index contributed by atoms with van der Waals surface area (Å²) in [5.41, 5.74) is 3.83. The van der Waals surface area contributed by atoms with Gasteiger partial charge in [-0.15, -0.1) is 0 Å². The molecule has 4 nitrogen and oxygen atoms in total. The molecule has 0 amide bonds. The van der Waals surface area contributed by atoms with Crippen molar-refractivity contribution in [1.29, 1.82) is 0 Å². The molecule has 1 fully saturated rings. The van der Waals surface area contributed by atoms with Crippen LogP contribution >= 0.6 is 0 Å². The van der Waals surface area contributed by atoms with E-state index < -0.39 is 0 Å². The van der Waals surface area contributed by atoms with Crippen LogP contribution in [-0.4, -0.2) is 9.78 Å². The van der Waals surface area contributed by atoms with Crippen LogP contribution in [0.3, 0.4) is 0 Å². The third kappa shape index (κ3) is 5.31. The number of aryl methyl sites for hydroxylation is 2. The Bertz CT molecular complexity index is 911. The molecule has 1 heterocycles. The normalized spacial score (nSPS) is 15.4. The molecule has 4 heteroatoms. The first-order chi connectivity index (χ1) is 14.7. The van der Waals surface area contributed by atoms with Crippen molar-refractivity contribution in [3.8, 4) is 11.5 Å². The largest absolute Gasteiger partial charge is 0.457 e. The van der Waals surface area contributed by atoms with Crippen molar-refractivity contribution < 1.29 is 4.74 Å². The molecule has 2 aromatic carbocycles. The highest BCUT2D eigenvalue weighted by Crippen LogP contribution is 2.34. The molecule has 158 valence electrons. The smallest absolute Gasteiger partial charge is 0.127 e. The summed E-state index contributed by atoms with van der Waals surface area (Å²) in [6.45, 7) is 3.03. The van der Waals surface area contributed by atoms with E-state index >= 15 is 0 Å². The highest BCUT2D eigenvalue weighted by molar-refractivity contribution is 5.34. The lowest BCUT2D eigenvalue weighted by Gasteiger charge is -2.23. The van der Waals surface area contributed by atoms with E-state index in [2.05, 4.69) is 47.8 Å². The summed E-state index contributed by atoms with van der Waals surface area (Å²) in [5, 5.41) is 8.44. The molecule has 3 aromatic rings. The van der Waals surface area contributed by atoms with Gasteiger partial charge in [0.05, 0.1) is 5.69 Å². The van der Waals surface area contributed by atoms with Gasteiger partial charge in [-0.3, -0.25) is 4.68 Å². The molecule has 1 aliphatic carbocycles. The van der Waals surface area contributed by atoms with Crippen LogP contribution in [0.25, 0.3) is 0 Å². The quantitative estimate of drug-likeness (QED) is 0.463. The molecule has 0 spiro atoms. The van der Waals surface area contributed by atoms with Crippen molar-refractivity contribution in [3.63, 3.8) is 0 Å². The van der Waals surface area contributed by atoms with Gasteiger partial charge in [0.1, 0.15) is 11.5 Å². The summed E-state index contributed by atoms with van der Waals surface area (Å²) in [4.78, 5) is 0. The predicted molar refractivity (Wildman–Crippen MR) is 122 cm³/mol. The Kier molecular flexibility index (Phi) is 6.85. The van der Waals surface area contributed by atoms with E-state index in [1.807, 2.05) is 42.1 Å². The van der Waals surface area contributed by atoms with E-state index in [0.29, 0.717) is 6.04 Å². The Morgan fingerprint density at radius 2 is 1.73 bits per heavy atom. The Hall–Kier alpha value is -2.59. The van der Waals surface area contributed by atoms with Gasteiger partial charge in [-0.05, 0) is 48.6 Å². The van der Waals surface area contributed by atoms with E-state index in [1.54, 1.807) is 0 Å². The monoisotopic (exact) mass is 403 g/mol. The van der Waals surface area contributed by atoms with Crippen LogP contribution in [0, 0.1) is 5.92 Å². The first-order valence-corrected chi connectivity index (χ1v) is 11.3. The van der Waals surface area contributed by atoms with Gasteiger partial charge in [-0.2, -0.15) is 5.10 Å². The maximum Gasteiger partial charge on any atom is 0.127 e. The third-order valence-electron chi connectivity index (χ3n) is 6.17. The summed E-state index contributed by atoms with van der Waals surface area (Å²) < 4.78 is 7.91. The van der Waals surface area contributed by atoms with Gasteiger partial charge in [0.25, 0.3) is 0 Å². The van der Waals surface area contributed by atoms with Gasteiger partial charge >= 0.3 is 0 Å². The van der Waals surface area contributed by atoms with Crippen molar-refractivity contribution in [2.24, 2.45) is 13.0 Å². The predicted octanol–water partition coefficient (Wildman–Crippen LogP) is 6.19. The van der Waals surface area contributed by atoms with Gasteiger partial charge in [0.2, 0.25) is 0 Å². The minimum atomic E-state index is 0.351. The Morgan fingerprint density at radius 3 is 2.43 bits per heavy atom. The zero-order valence-electron chi connectivity index (χ0n) is 18.2. The number of benzene rings is 2. The zero-order valence-corrected chi connectivity index (χ0v) is 18.2. The molecule has 1 unspecified atom stereocenters. The van der Waals surface area contributed by atoms with Gasteiger partial charge < -0.3 is 10.1 Å². The van der Waals surface area contributed by atoms with Crippen LogP contribution in [0.1, 0.15) is 61.9 Å². The molecule has 4 rings (SSSR count). The standard InChI is InChI=1S/C26H33N3O/c1-3-25-22(19-29(2)28-25)18-27-26(17-20-9-7-8-10-20)21-13-15-24(16-14-21)30-23-11-5-4-6-12-23/h4-6,11-16,19-20,26-27H,3,7-10,17-18H2,1-2H3. The van der Waals surface area contributed by atoms with Gasteiger partial charge in [-0.25, -0.2) is 0 Å². The first-order valence-electron chi connectivity index (χ1n) is 11.3. The Labute approximate surface area is 180 Å². The number of hydrogen-bond acceptors (Lipinski definition) is 3. The van der Waals surface area contributed by atoms with Crippen molar-refractivity contribution >= 4 is 0 Å². The topological polar surface area (TPSA) is 39.1 Å². The summed E-state index contributed by atoms with van der Waals surface area (Å²) in [6.07, 6.45) is 9.79. The number of hydrogen-bond donors (Lipinski definition) is 1. The lowest BCUT2D eigenvalue weighted by atomic mass is 9.93. The first kappa shape index (κ1) is 20.7. The summed E-state index contributed by atoms with van der Waals surface area (Å²) in [6, 6.07) is 18.9. The van der Waals surface area contributed by atoms with Crippen molar-refractivity contribution in [3.05, 3.63) is 77.6 Å². The van der Waals surface area contributed by atoms with E-state index in [9.17, 15) is 0 Å². The molecule has 1 aliphatic rings. The van der Waals surface area contributed by atoms with Gasteiger partial charge in [-0.1, -0.05) is 62.9 Å². The molecule has 0 saturated heterocycles. The Balaban J connectivity index is 1.47. The number of rotatable bonds is 9. The van der Waals surface area contributed by atoms with Crippen LogP contribution in [-0.2, 0) is 20.0 Å². The fraction of sp³-hybridized carbons (Fsp3) is 0.423. The number of para-hydroxylation sites is 1. The van der Waals surface area contributed by atoms with Gasteiger partial charge in [0, 0.05) is 31.4 Å². The average molecular weight is 404 g/mol. The summed E-state index contributed by atoms with van der Waals surface area (Å²) in [7, 11) is 2.00. The fourth-order valence-corrected chi connectivity index (χ4v) is 4.57. The van der Waals surface area contributed by atoms with Crippen molar-refractivity contribution in [1.82, 2.24) is 15.1 Å². The second kappa shape index (κ2) is 9.94. The number of nitrogens with one attached hydrogen (secondary N) is 1. The molecule has 30 heavy (non-hydrogen) atoms. The molecule has 1 aromatic heterocycles. The van der Waals surface area contributed by atoms with Crippen molar-refractivity contribution in [2.45, 2.75) is 58.0 Å². The average Bonchev–Trinajstić information content (AvgIpc) is 3.41. The molecule has 0 radical (unpaired) electrons. The van der Waals surface area contributed by atoms with Crippen LogP contribution in [0.15, 0.2) is 60.8 Å². The second-order valence-electron chi connectivity index (χ2n) is 8.43. The lowest BCUT2D eigenvalue weighted by Crippen LogP contribution is -2.23. The highest BCUT2D eigenvalue weighted by Gasteiger charge is 2.22. The van der Waals surface area contributed by atoms with Gasteiger partial charge in [0.15, 0.2) is 0 Å². The fourth-order valence-electron chi connectivity index (χ4n) is 4.57. The zero-order chi connectivity index (χ0) is 20.8. The highest BCUT2D eigenvalue weighted by atomic mass is 16.5. The minimum Gasteiger partial charge on any atom is -0.457 e. The van der Waals surface area contributed by atoms with Crippen LogP contribution < -0.4 is 10.1 Å². The lowest BCUT2D eigenvalue weighted by molar-refractivity contribution is 0.392. The maximum atomic E-state index is 5.98. The molecular weight excluding hydrogens is 370 g/mol. The number of ether oxygens (including phenoxy) is 1. The van der Waals surface area contributed by atoms with Crippen molar-refractivity contribution in [2.75, 3.05) is 0 Å². The van der Waals surface area contributed by atoms with Crippen LogP contribution in [0.5, 0.6) is 11.5 Å². The molecule has 1 atom stereocenters. The second-order valence-corrected chi connectivity index (χ2v) is 8.43. The van der Waals surface area contributed by atoms with E-state index in [4.69, 9.17) is 4.74 Å². The summed E-state index contributed by atoms with van der Waals surface area (Å²) >= 11 is 0.